The Kier molecular flexibility index (Phi) is 4.96. The highest BCUT2D eigenvalue weighted by Gasteiger charge is 2.15. The maximum absolute atomic E-state index is 11.5. The lowest BCUT2D eigenvalue weighted by molar-refractivity contribution is 0.135. The van der Waals surface area contributed by atoms with Crippen LogP contribution in [0.3, 0.4) is 0 Å². The van der Waals surface area contributed by atoms with Crippen molar-refractivity contribution in [1.29, 1.82) is 0 Å². The molecule has 4 nitrogen and oxygen atoms in total. The zero-order chi connectivity index (χ0) is 12.9. The Balaban J connectivity index is 2.32. The van der Waals surface area contributed by atoms with Gasteiger partial charge in [-0.05, 0) is 31.5 Å². The van der Waals surface area contributed by atoms with E-state index in [0.29, 0.717) is 12.3 Å². The summed E-state index contributed by atoms with van der Waals surface area (Å²) in [5.41, 5.74) is 7.24. The van der Waals surface area contributed by atoms with Crippen LogP contribution in [0.4, 0.5) is 5.69 Å². The van der Waals surface area contributed by atoms with Crippen molar-refractivity contribution in [2.45, 2.75) is 25.7 Å². The lowest BCUT2D eigenvalue weighted by Crippen LogP contribution is -2.20. The number of hydrogen-bond donors (Lipinski definition) is 1. The van der Waals surface area contributed by atoms with E-state index in [-0.39, 0.29) is 17.6 Å². The van der Waals surface area contributed by atoms with Crippen molar-refractivity contribution in [2.24, 2.45) is 0 Å². The van der Waals surface area contributed by atoms with Crippen LogP contribution in [0.15, 0.2) is 24.3 Å². The Morgan fingerprint density at radius 3 is 2.35 bits per heavy atom. The maximum Gasteiger partial charge on any atom is 0.154 e. The molecule has 0 spiro atoms. The van der Waals surface area contributed by atoms with Crippen LogP contribution in [0, 0.1) is 0 Å². The lowest BCUT2D eigenvalue weighted by Gasteiger charge is -2.08. The molecule has 0 aromatic heterocycles. The van der Waals surface area contributed by atoms with Crippen LogP contribution in [-0.4, -0.2) is 26.0 Å². The molecule has 2 N–H and O–H groups in total. The molecule has 17 heavy (non-hydrogen) atoms. The molecule has 1 rings (SSSR count). The van der Waals surface area contributed by atoms with Gasteiger partial charge < -0.3 is 10.5 Å². The van der Waals surface area contributed by atoms with Crippen LogP contribution >= 0.6 is 0 Å². The van der Waals surface area contributed by atoms with Gasteiger partial charge in [-0.25, -0.2) is 8.42 Å². The van der Waals surface area contributed by atoms with Gasteiger partial charge in [0.15, 0.2) is 9.84 Å². The summed E-state index contributed by atoms with van der Waals surface area (Å²) in [5.74, 6) is 0.0691. The average Bonchev–Trinajstić information content (AvgIpc) is 2.26. The fourth-order valence-corrected chi connectivity index (χ4v) is 2.04. The van der Waals surface area contributed by atoms with Gasteiger partial charge in [-0.2, -0.15) is 0 Å². The Hall–Kier alpha value is -1.07. The molecule has 0 fully saturated rings. The summed E-state index contributed by atoms with van der Waals surface area (Å²) in [6, 6.07) is 7.33. The van der Waals surface area contributed by atoms with Gasteiger partial charge >= 0.3 is 0 Å². The number of rotatable bonds is 6. The third-order valence-electron chi connectivity index (χ3n) is 2.48. The Bertz CT molecular complexity index is 437. The van der Waals surface area contributed by atoms with Crippen molar-refractivity contribution in [1.82, 2.24) is 0 Å². The smallest absolute Gasteiger partial charge is 0.154 e. The number of ether oxygens (including phenoxy) is 1. The van der Waals surface area contributed by atoms with E-state index in [1.807, 2.05) is 12.1 Å². The molecule has 0 amide bonds. The lowest BCUT2D eigenvalue weighted by atomic mass is 10.2. The number of sulfone groups is 1. The first kappa shape index (κ1) is 14.0. The summed E-state index contributed by atoms with van der Waals surface area (Å²) in [6.07, 6.45) is 0. The highest BCUT2D eigenvalue weighted by molar-refractivity contribution is 7.91. The second kappa shape index (κ2) is 6.02. The minimum absolute atomic E-state index is 0.0691. The predicted octanol–water partition coefficient (Wildman–Crippen LogP) is 1.61. The first-order chi connectivity index (χ1) is 7.92. The third-order valence-corrected chi connectivity index (χ3v) is 4.65. The van der Waals surface area contributed by atoms with Gasteiger partial charge in [-0.3, -0.25) is 0 Å². The second-order valence-electron chi connectivity index (χ2n) is 4.21. The molecule has 5 heteroatoms. The first-order valence-electron chi connectivity index (χ1n) is 5.55. The minimum Gasteiger partial charge on any atom is -0.399 e. The molecule has 0 aliphatic rings. The maximum atomic E-state index is 11.5. The summed E-state index contributed by atoms with van der Waals surface area (Å²) in [5, 5.41) is -0.345. The van der Waals surface area contributed by atoms with Crippen LogP contribution in [0.2, 0.25) is 0 Å². The Morgan fingerprint density at radius 2 is 1.82 bits per heavy atom. The van der Waals surface area contributed by atoms with Gasteiger partial charge in [0.25, 0.3) is 0 Å². The SMILES string of the molecule is CC(C)S(=O)(=O)CCOCc1ccc(N)cc1. The molecule has 0 aliphatic heterocycles. The zero-order valence-corrected chi connectivity index (χ0v) is 11.0. The van der Waals surface area contributed by atoms with Crippen LogP contribution in [0.1, 0.15) is 19.4 Å². The quantitative estimate of drug-likeness (QED) is 0.621. The van der Waals surface area contributed by atoms with Crippen LogP contribution in [0.25, 0.3) is 0 Å². The molecule has 0 radical (unpaired) electrons. The molecule has 0 aliphatic carbocycles. The fraction of sp³-hybridized carbons (Fsp3) is 0.500. The first-order valence-corrected chi connectivity index (χ1v) is 7.27. The monoisotopic (exact) mass is 257 g/mol. The Labute approximate surface area is 103 Å². The zero-order valence-electron chi connectivity index (χ0n) is 10.2. The van der Waals surface area contributed by atoms with Gasteiger partial charge in [0, 0.05) is 5.69 Å². The topological polar surface area (TPSA) is 69.4 Å². The highest BCUT2D eigenvalue weighted by atomic mass is 32.2. The minimum atomic E-state index is -3.00. The predicted molar refractivity (Wildman–Crippen MR) is 69.4 cm³/mol. The summed E-state index contributed by atoms with van der Waals surface area (Å²) in [6.45, 7) is 3.99. The Morgan fingerprint density at radius 1 is 1.24 bits per heavy atom. The summed E-state index contributed by atoms with van der Waals surface area (Å²) in [7, 11) is -3.00. The standard InChI is InChI=1S/C12H19NO3S/c1-10(2)17(14,15)8-7-16-9-11-3-5-12(13)6-4-11/h3-6,10H,7-9,13H2,1-2H3. The molecule has 1 aromatic rings. The second-order valence-corrected chi connectivity index (χ2v) is 6.89. The van der Waals surface area contributed by atoms with E-state index in [1.165, 1.54) is 0 Å². The van der Waals surface area contributed by atoms with Gasteiger partial charge in [-0.15, -0.1) is 0 Å². The van der Waals surface area contributed by atoms with E-state index in [4.69, 9.17) is 10.5 Å². The molecule has 96 valence electrons. The van der Waals surface area contributed by atoms with E-state index >= 15 is 0 Å². The number of anilines is 1. The van der Waals surface area contributed by atoms with Crippen LogP contribution < -0.4 is 5.73 Å². The number of nitrogen functional groups attached to an aromatic ring is 1. The van der Waals surface area contributed by atoms with Crippen molar-refractivity contribution >= 4 is 15.5 Å². The summed E-state index contributed by atoms with van der Waals surface area (Å²) in [4.78, 5) is 0. The highest BCUT2D eigenvalue weighted by Crippen LogP contribution is 2.07. The van der Waals surface area contributed by atoms with Gasteiger partial charge in [0.05, 0.1) is 24.2 Å². The van der Waals surface area contributed by atoms with Crippen molar-refractivity contribution in [3.05, 3.63) is 29.8 Å². The molecule has 0 atom stereocenters. The number of hydrogen-bond acceptors (Lipinski definition) is 4. The van der Waals surface area contributed by atoms with Gasteiger partial charge in [-0.1, -0.05) is 12.1 Å². The van der Waals surface area contributed by atoms with Crippen molar-refractivity contribution < 1.29 is 13.2 Å². The van der Waals surface area contributed by atoms with Gasteiger partial charge in [0.2, 0.25) is 0 Å². The fourth-order valence-electron chi connectivity index (χ4n) is 1.21. The van der Waals surface area contributed by atoms with E-state index in [2.05, 4.69) is 0 Å². The normalized spacial score (nSPS) is 11.9. The van der Waals surface area contributed by atoms with Crippen molar-refractivity contribution in [3.8, 4) is 0 Å². The van der Waals surface area contributed by atoms with Crippen LogP contribution in [-0.2, 0) is 21.2 Å². The summed E-state index contributed by atoms with van der Waals surface area (Å²) >= 11 is 0. The van der Waals surface area contributed by atoms with Gasteiger partial charge in [0.1, 0.15) is 0 Å². The third kappa shape index (κ3) is 4.75. The largest absolute Gasteiger partial charge is 0.399 e. The van der Waals surface area contributed by atoms with Crippen molar-refractivity contribution in [2.75, 3.05) is 18.1 Å². The van der Waals surface area contributed by atoms with Crippen molar-refractivity contribution in [3.63, 3.8) is 0 Å². The summed E-state index contributed by atoms with van der Waals surface area (Å²) < 4.78 is 28.3. The molecular formula is C12H19NO3S. The van der Waals surface area contributed by atoms with E-state index in [0.717, 1.165) is 5.56 Å². The molecule has 0 saturated heterocycles. The van der Waals surface area contributed by atoms with E-state index < -0.39 is 9.84 Å². The number of benzene rings is 1. The molecule has 1 aromatic carbocycles. The molecule has 0 unspecified atom stereocenters. The van der Waals surface area contributed by atoms with Crippen LogP contribution in [0.5, 0.6) is 0 Å². The number of nitrogens with two attached hydrogens (primary N) is 1. The van der Waals surface area contributed by atoms with E-state index in [1.54, 1.807) is 26.0 Å². The molecular weight excluding hydrogens is 238 g/mol. The van der Waals surface area contributed by atoms with E-state index in [9.17, 15) is 8.42 Å². The average molecular weight is 257 g/mol. The molecule has 0 bridgehead atoms. The molecule has 0 heterocycles. The molecule has 0 saturated carbocycles.